The van der Waals surface area contributed by atoms with Gasteiger partial charge in [-0.1, -0.05) is 25.4 Å². The van der Waals surface area contributed by atoms with E-state index in [1.54, 1.807) is 0 Å². The fourth-order valence-corrected chi connectivity index (χ4v) is 1.96. The van der Waals surface area contributed by atoms with Crippen molar-refractivity contribution in [3.63, 3.8) is 0 Å². The lowest BCUT2D eigenvalue weighted by Gasteiger charge is -2.13. The van der Waals surface area contributed by atoms with Crippen LogP contribution in [0.5, 0.6) is 0 Å². The molecule has 1 aromatic carbocycles. The minimum atomic E-state index is 0.695. The van der Waals surface area contributed by atoms with Crippen LogP contribution in [0.3, 0.4) is 0 Å². The summed E-state index contributed by atoms with van der Waals surface area (Å²) in [4.78, 5) is 4.28. The van der Waals surface area contributed by atoms with Crippen LogP contribution < -0.4 is 16.0 Å². The van der Waals surface area contributed by atoms with Crippen LogP contribution in [0.15, 0.2) is 17.1 Å². The predicted molar refractivity (Wildman–Crippen MR) is 81.0 cm³/mol. The normalized spacial score (nSPS) is 13.1. The molecular formula is C13H21ClN4. The molecule has 0 aromatic heterocycles. The van der Waals surface area contributed by atoms with Crippen LogP contribution in [0.1, 0.15) is 19.4 Å². The molecule has 1 aliphatic rings. The van der Waals surface area contributed by atoms with Gasteiger partial charge >= 0.3 is 0 Å². The number of aliphatic imine (C=N–C) groups is 1. The SMILES string of the molecule is CC.CNc1cc(C)c(NC2=NCCN2)c(Cl)c1. The second-order valence-corrected chi connectivity index (χ2v) is 4.09. The molecule has 0 spiro atoms. The molecule has 4 nitrogen and oxygen atoms in total. The number of hydrogen-bond donors (Lipinski definition) is 3. The second kappa shape index (κ2) is 7.11. The van der Waals surface area contributed by atoms with E-state index in [9.17, 15) is 0 Å². The number of halogens is 1. The topological polar surface area (TPSA) is 48.5 Å². The lowest BCUT2D eigenvalue weighted by Crippen LogP contribution is -2.26. The van der Waals surface area contributed by atoms with Crippen molar-refractivity contribution in [3.8, 4) is 0 Å². The molecule has 0 saturated heterocycles. The molecular weight excluding hydrogens is 248 g/mol. The minimum Gasteiger partial charge on any atom is -0.388 e. The van der Waals surface area contributed by atoms with Crippen LogP contribution in [0.4, 0.5) is 11.4 Å². The smallest absolute Gasteiger partial charge is 0.195 e. The highest BCUT2D eigenvalue weighted by Gasteiger charge is 2.10. The zero-order valence-electron chi connectivity index (χ0n) is 11.4. The van der Waals surface area contributed by atoms with Crippen LogP contribution >= 0.6 is 11.6 Å². The number of aryl methyl sites for hydroxylation is 1. The average molecular weight is 269 g/mol. The summed E-state index contributed by atoms with van der Waals surface area (Å²) in [6.07, 6.45) is 0. The fraction of sp³-hybridized carbons (Fsp3) is 0.462. The number of rotatable bonds is 2. The van der Waals surface area contributed by atoms with Crippen molar-refractivity contribution in [2.24, 2.45) is 4.99 Å². The molecule has 18 heavy (non-hydrogen) atoms. The average Bonchev–Trinajstić information content (AvgIpc) is 2.89. The highest BCUT2D eigenvalue weighted by atomic mass is 35.5. The van der Waals surface area contributed by atoms with Gasteiger partial charge in [0.1, 0.15) is 0 Å². The molecule has 0 radical (unpaired) electrons. The Kier molecular flexibility index (Phi) is 5.78. The number of guanidine groups is 1. The first-order valence-corrected chi connectivity index (χ1v) is 6.62. The van der Waals surface area contributed by atoms with E-state index in [0.717, 1.165) is 36.0 Å². The Balaban J connectivity index is 0.000000771. The summed E-state index contributed by atoms with van der Waals surface area (Å²) in [5.41, 5.74) is 3.01. The van der Waals surface area contributed by atoms with E-state index in [0.29, 0.717) is 5.02 Å². The molecule has 0 atom stereocenters. The third kappa shape index (κ3) is 3.53. The standard InChI is InChI=1S/C11H15ClN4.C2H6/c1-7-5-8(13-2)6-9(12)10(7)16-11-14-3-4-15-11;1-2/h5-6,13H,3-4H2,1-2H3,(H2,14,15,16);1-2H3. The Morgan fingerprint density at radius 1 is 1.33 bits per heavy atom. The second-order valence-electron chi connectivity index (χ2n) is 3.68. The van der Waals surface area contributed by atoms with E-state index in [2.05, 4.69) is 20.9 Å². The summed E-state index contributed by atoms with van der Waals surface area (Å²) in [5, 5.41) is 10.1. The van der Waals surface area contributed by atoms with Crippen LogP contribution in [-0.2, 0) is 0 Å². The number of nitrogens with one attached hydrogen (secondary N) is 3. The van der Waals surface area contributed by atoms with E-state index in [4.69, 9.17) is 11.6 Å². The number of anilines is 2. The molecule has 0 amide bonds. The van der Waals surface area contributed by atoms with Gasteiger partial charge in [0, 0.05) is 19.3 Å². The van der Waals surface area contributed by atoms with Crippen molar-refractivity contribution in [1.29, 1.82) is 0 Å². The van der Waals surface area contributed by atoms with E-state index in [1.807, 2.05) is 40.0 Å². The van der Waals surface area contributed by atoms with Crippen molar-refractivity contribution in [3.05, 3.63) is 22.7 Å². The molecule has 0 aliphatic carbocycles. The van der Waals surface area contributed by atoms with Gasteiger partial charge in [0.05, 0.1) is 17.3 Å². The molecule has 1 aromatic rings. The molecule has 0 fully saturated rings. The van der Waals surface area contributed by atoms with Gasteiger partial charge in [-0.2, -0.15) is 0 Å². The highest BCUT2D eigenvalue weighted by molar-refractivity contribution is 6.34. The van der Waals surface area contributed by atoms with Crippen molar-refractivity contribution < 1.29 is 0 Å². The minimum absolute atomic E-state index is 0.695. The molecule has 3 N–H and O–H groups in total. The quantitative estimate of drug-likeness (QED) is 0.773. The van der Waals surface area contributed by atoms with Crippen molar-refractivity contribution in [1.82, 2.24) is 5.32 Å². The maximum atomic E-state index is 6.21. The molecule has 2 rings (SSSR count). The summed E-state index contributed by atoms with van der Waals surface area (Å²) in [7, 11) is 1.88. The monoisotopic (exact) mass is 268 g/mol. The Morgan fingerprint density at radius 3 is 2.56 bits per heavy atom. The third-order valence-corrected chi connectivity index (χ3v) is 2.79. The Labute approximate surface area is 114 Å². The van der Waals surface area contributed by atoms with Gasteiger partial charge < -0.3 is 16.0 Å². The van der Waals surface area contributed by atoms with Crippen molar-refractivity contribution in [2.75, 3.05) is 30.8 Å². The zero-order chi connectivity index (χ0) is 13.5. The van der Waals surface area contributed by atoms with Crippen LogP contribution in [0, 0.1) is 6.92 Å². The largest absolute Gasteiger partial charge is 0.388 e. The lowest BCUT2D eigenvalue weighted by atomic mass is 10.1. The highest BCUT2D eigenvalue weighted by Crippen LogP contribution is 2.29. The van der Waals surface area contributed by atoms with E-state index in [1.165, 1.54) is 0 Å². The van der Waals surface area contributed by atoms with Crippen LogP contribution in [-0.4, -0.2) is 26.1 Å². The molecule has 1 aliphatic heterocycles. The Bertz CT molecular complexity index is 406. The molecule has 100 valence electrons. The van der Waals surface area contributed by atoms with E-state index in [-0.39, 0.29) is 0 Å². The van der Waals surface area contributed by atoms with Gasteiger partial charge in [0.15, 0.2) is 5.96 Å². The van der Waals surface area contributed by atoms with Crippen LogP contribution in [0.2, 0.25) is 5.02 Å². The van der Waals surface area contributed by atoms with Gasteiger partial charge in [-0.05, 0) is 24.6 Å². The number of benzene rings is 1. The molecule has 0 bridgehead atoms. The first-order valence-electron chi connectivity index (χ1n) is 6.24. The van der Waals surface area contributed by atoms with E-state index >= 15 is 0 Å². The maximum Gasteiger partial charge on any atom is 0.195 e. The first-order chi connectivity index (χ1) is 8.70. The van der Waals surface area contributed by atoms with Gasteiger partial charge in [-0.15, -0.1) is 0 Å². The van der Waals surface area contributed by atoms with Crippen molar-refractivity contribution in [2.45, 2.75) is 20.8 Å². The van der Waals surface area contributed by atoms with Crippen LogP contribution in [0.25, 0.3) is 0 Å². The first kappa shape index (κ1) is 14.6. The van der Waals surface area contributed by atoms with E-state index < -0.39 is 0 Å². The van der Waals surface area contributed by atoms with Gasteiger partial charge in [0.2, 0.25) is 0 Å². The van der Waals surface area contributed by atoms with Crippen molar-refractivity contribution >= 4 is 28.9 Å². The summed E-state index contributed by atoms with van der Waals surface area (Å²) < 4.78 is 0. The fourth-order valence-electron chi connectivity index (χ4n) is 1.65. The number of nitrogens with zero attached hydrogens (tertiary/aromatic N) is 1. The molecule has 1 heterocycles. The number of hydrogen-bond acceptors (Lipinski definition) is 4. The predicted octanol–water partition coefficient (Wildman–Crippen LogP) is 3.09. The lowest BCUT2D eigenvalue weighted by molar-refractivity contribution is 0.959. The summed E-state index contributed by atoms with van der Waals surface area (Å²) in [5.74, 6) is 0.794. The summed E-state index contributed by atoms with van der Waals surface area (Å²) >= 11 is 6.21. The van der Waals surface area contributed by atoms with Gasteiger partial charge in [-0.3, -0.25) is 4.99 Å². The molecule has 0 unspecified atom stereocenters. The summed E-state index contributed by atoms with van der Waals surface area (Å²) in [6.45, 7) is 7.71. The van der Waals surface area contributed by atoms with Gasteiger partial charge in [0.25, 0.3) is 0 Å². The maximum absolute atomic E-state index is 6.21. The zero-order valence-corrected chi connectivity index (χ0v) is 12.2. The molecule has 5 heteroatoms. The summed E-state index contributed by atoms with van der Waals surface area (Å²) in [6, 6.07) is 3.94. The third-order valence-electron chi connectivity index (χ3n) is 2.49. The molecule has 0 saturated carbocycles. The van der Waals surface area contributed by atoms with Gasteiger partial charge in [-0.25, -0.2) is 0 Å². The Hall–Kier alpha value is -1.42. The Morgan fingerprint density at radius 2 is 2.06 bits per heavy atom.